The van der Waals surface area contributed by atoms with Crippen molar-refractivity contribution in [2.45, 2.75) is 38.5 Å². The quantitative estimate of drug-likeness (QED) is 0.776. The van der Waals surface area contributed by atoms with E-state index in [0.717, 1.165) is 37.0 Å². The Bertz CT molecular complexity index is 446. The number of benzene rings is 1. The Kier molecular flexibility index (Phi) is 3.95. The van der Waals surface area contributed by atoms with Crippen LogP contribution in [0.15, 0.2) is 24.3 Å². The predicted molar refractivity (Wildman–Crippen MR) is 81.2 cm³/mol. The molecule has 0 bridgehead atoms. The molecule has 0 aliphatic heterocycles. The summed E-state index contributed by atoms with van der Waals surface area (Å²) in [6.07, 6.45) is 6.70. The maximum absolute atomic E-state index is 12.4. The summed E-state index contributed by atoms with van der Waals surface area (Å²) in [4.78, 5) is 14.5. The minimum atomic E-state index is 0.334. The van der Waals surface area contributed by atoms with Gasteiger partial charge in [-0.15, -0.1) is 0 Å². The van der Waals surface area contributed by atoms with Gasteiger partial charge in [0, 0.05) is 25.2 Å². The van der Waals surface area contributed by atoms with Crippen molar-refractivity contribution in [3.63, 3.8) is 0 Å². The number of aryl methyl sites for hydroxylation is 1. The van der Waals surface area contributed by atoms with Crippen LogP contribution in [0, 0.1) is 11.8 Å². The summed E-state index contributed by atoms with van der Waals surface area (Å²) >= 11 is 0. The van der Waals surface area contributed by atoms with Crippen LogP contribution in [-0.2, 0) is 11.2 Å². The van der Waals surface area contributed by atoms with E-state index in [0.29, 0.717) is 12.3 Å². The van der Waals surface area contributed by atoms with Gasteiger partial charge in [-0.2, -0.15) is 0 Å². The van der Waals surface area contributed by atoms with E-state index in [9.17, 15) is 4.79 Å². The summed E-state index contributed by atoms with van der Waals surface area (Å²) in [6, 6.07) is 7.86. The largest absolute Gasteiger partial charge is 0.399 e. The van der Waals surface area contributed by atoms with Crippen LogP contribution >= 0.6 is 0 Å². The molecular weight excluding hydrogens is 248 g/mol. The molecule has 3 heteroatoms. The molecule has 0 spiro atoms. The van der Waals surface area contributed by atoms with Gasteiger partial charge in [0.2, 0.25) is 5.91 Å². The highest BCUT2D eigenvalue weighted by Gasteiger charge is 2.31. The molecule has 0 unspecified atom stereocenters. The molecular formula is C17H24N2O. The molecule has 2 saturated carbocycles. The summed E-state index contributed by atoms with van der Waals surface area (Å²) < 4.78 is 0. The molecule has 108 valence electrons. The van der Waals surface area contributed by atoms with E-state index >= 15 is 0 Å². The summed E-state index contributed by atoms with van der Waals surface area (Å²) in [6.45, 7) is 1.99. The first-order valence-corrected chi connectivity index (χ1v) is 7.83. The zero-order valence-electron chi connectivity index (χ0n) is 12.1. The second kappa shape index (κ2) is 5.86. The standard InChI is InChI=1S/C17H24N2O/c18-16-8-5-13(6-9-16)7-10-17(20)19(11-14-1-2-14)12-15-3-4-15/h5-6,8-9,14-15H,1-4,7,10-12,18H2. The Morgan fingerprint density at radius 2 is 1.60 bits per heavy atom. The fourth-order valence-corrected chi connectivity index (χ4v) is 2.60. The molecule has 0 radical (unpaired) electrons. The normalized spacial score (nSPS) is 18.0. The van der Waals surface area contributed by atoms with Crippen LogP contribution in [0.5, 0.6) is 0 Å². The average Bonchev–Trinajstić information content (AvgIpc) is 3.32. The lowest BCUT2D eigenvalue weighted by Gasteiger charge is -2.22. The number of hydrogen-bond acceptors (Lipinski definition) is 2. The fourth-order valence-electron chi connectivity index (χ4n) is 2.60. The van der Waals surface area contributed by atoms with Gasteiger partial charge < -0.3 is 10.6 Å². The molecule has 1 aromatic carbocycles. The number of amides is 1. The number of nitrogen functional groups attached to an aromatic ring is 1. The lowest BCUT2D eigenvalue weighted by Crippen LogP contribution is -2.34. The molecule has 2 N–H and O–H groups in total. The van der Waals surface area contributed by atoms with Gasteiger partial charge in [0.05, 0.1) is 0 Å². The lowest BCUT2D eigenvalue weighted by atomic mass is 10.1. The van der Waals surface area contributed by atoms with Crippen LogP contribution in [-0.4, -0.2) is 23.9 Å². The van der Waals surface area contributed by atoms with E-state index in [2.05, 4.69) is 4.90 Å². The van der Waals surface area contributed by atoms with Crippen molar-refractivity contribution in [1.82, 2.24) is 4.90 Å². The Balaban J connectivity index is 1.50. The van der Waals surface area contributed by atoms with E-state index in [-0.39, 0.29) is 0 Å². The van der Waals surface area contributed by atoms with E-state index in [1.165, 1.54) is 31.2 Å². The zero-order valence-corrected chi connectivity index (χ0v) is 12.1. The van der Waals surface area contributed by atoms with Crippen LogP contribution in [0.3, 0.4) is 0 Å². The van der Waals surface area contributed by atoms with Crippen molar-refractivity contribution < 1.29 is 4.79 Å². The third-order valence-electron chi connectivity index (χ3n) is 4.31. The topological polar surface area (TPSA) is 46.3 Å². The van der Waals surface area contributed by atoms with Gasteiger partial charge in [-0.25, -0.2) is 0 Å². The van der Waals surface area contributed by atoms with Crippen LogP contribution in [0.1, 0.15) is 37.7 Å². The number of carbonyl (C=O) groups is 1. The summed E-state index contributed by atoms with van der Waals surface area (Å²) in [5, 5.41) is 0. The molecule has 0 saturated heterocycles. The highest BCUT2D eigenvalue weighted by molar-refractivity contribution is 5.76. The Hall–Kier alpha value is -1.51. The number of nitrogens with zero attached hydrogens (tertiary/aromatic N) is 1. The molecule has 1 aromatic rings. The van der Waals surface area contributed by atoms with Crippen LogP contribution < -0.4 is 5.73 Å². The minimum absolute atomic E-state index is 0.334. The van der Waals surface area contributed by atoms with Crippen molar-refractivity contribution in [3.05, 3.63) is 29.8 Å². The number of nitrogens with two attached hydrogens (primary N) is 1. The van der Waals surface area contributed by atoms with Gasteiger partial charge in [-0.05, 0) is 61.6 Å². The zero-order chi connectivity index (χ0) is 13.9. The predicted octanol–water partition coefficient (Wildman–Crippen LogP) is 2.85. The second-order valence-electron chi connectivity index (χ2n) is 6.43. The van der Waals surface area contributed by atoms with Gasteiger partial charge in [-0.3, -0.25) is 4.79 Å². The molecule has 0 heterocycles. The fraction of sp³-hybridized carbons (Fsp3) is 0.588. The molecule has 3 nitrogen and oxygen atoms in total. The third kappa shape index (κ3) is 3.99. The van der Waals surface area contributed by atoms with Crippen molar-refractivity contribution in [1.29, 1.82) is 0 Å². The van der Waals surface area contributed by atoms with Gasteiger partial charge in [0.1, 0.15) is 0 Å². The molecule has 0 atom stereocenters. The molecule has 2 fully saturated rings. The van der Waals surface area contributed by atoms with Crippen LogP contribution in [0.4, 0.5) is 5.69 Å². The van der Waals surface area contributed by atoms with E-state index in [4.69, 9.17) is 5.73 Å². The maximum atomic E-state index is 12.4. The maximum Gasteiger partial charge on any atom is 0.222 e. The monoisotopic (exact) mass is 272 g/mol. The molecule has 20 heavy (non-hydrogen) atoms. The Morgan fingerprint density at radius 3 is 2.10 bits per heavy atom. The van der Waals surface area contributed by atoms with Crippen LogP contribution in [0.25, 0.3) is 0 Å². The summed E-state index contributed by atoms with van der Waals surface area (Å²) in [7, 11) is 0. The van der Waals surface area contributed by atoms with Crippen molar-refractivity contribution in [3.8, 4) is 0 Å². The molecule has 0 aromatic heterocycles. The lowest BCUT2D eigenvalue weighted by molar-refractivity contribution is -0.131. The number of hydrogen-bond donors (Lipinski definition) is 1. The van der Waals surface area contributed by atoms with Gasteiger partial charge in [-0.1, -0.05) is 12.1 Å². The van der Waals surface area contributed by atoms with E-state index in [1.807, 2.05) is 24.3 Å². The van der Waals surface area contributed by atoms with Crippen molar-refractivity contribution in [2.24, 2.45) is 11.8 Å². The van der Waals surface area contributed by atoms with Crippen molar-refractivity contribution >= 4 is 11.6 Å². The number of carbonyl (C=O) groups excluding carboxylic acids is 1. The Morgan fingerprint density at radius 1 is 1.05 bits per heavy atom. The third-order valence-corrected chi connectivity index (χ3v) is 4.31. The first-order valence-electron chi connectivity index (χ1n) is 7.83. The molecule has 3 rings (SSSR count). The minimum Gasteiger partial charge on any atom is -0.399 e. The molecule has 1 amide bonds. The molecule has 2 aliphatic carbocycles. The average molecular weight is 272 g/mol. The first-order chi connectivity index (χ1) is 9.70. The summed E-state index contributed by atoms with van der Waals surface area (Å²) in [5.74, 6) is 1.91. The SMILES string of the molecule is Nc1ccc(CCC(=O)N(CC2CC2)CC2CC2)cc1. The summed E-state index contributed by atoms with van der Waals surface area (Å²) in [5.41, 5.74) is 7.66. The van der Waals surface area contributed by atoms with Crippen molar-refractivity contribution in [2.75, 3.05) is 18.8 Å². The molecule has 2 aliphatic rings. The first kappa shape index (κ1) is 13.5. The second-order valence-corrected chi connectivity index (χ2v) is 6.43. The van der Waals surface area contributed by atoms with Gasteiger partial charge in [0.25, 0.3) is 0 Å². The van der Waals surface area contributed by atoms with Gasteiger partial charge >= 0.3 is 0 Å². The van der Waals surface area contributed by atoms with Crippen LogP contribution in [0.2, 0.25) is 0 Å². The smallest absolute Gasteiger partial charge is 0.222 e. The Labute approximate surface area is 121 Å². The highest BCUT2D eigenvalue weighted by Crippen LogP contribution is 2.34. The number of anilines is 1. The van der Waals surface area contributed by atoms with Gasteiger partial charge in [0.15, 0.2) is 0 Å². The number of rotatable bonds is 7. The van der Waals surface area contributed by atoms with E-state index in [1.54, 1.807) is 0 Å². The highest BCUT2D eigenvalue weighted by atomic mass is 16.2. The van der Waals surface area contributed by atoms with E-state index < -0.39 is 0 Å².